The van der Waals surface area contributed by atoms with Gasteiger partial charge in [-0.05, 0) is 37.5 Å². The first-order valence-electron chi connectivity index (χ1n) is 44.0. The lowest BCUT2D eigenvalue weighted by Gasteiger charge is -2.21. The molecule has 0 aliphatic rings. The molecular weight excluding hydrogens is 1350 g/mol. The maximum Gasteiger partial charge on any atom is 0.472 e. The van der Waals surface area contributed by atoms with Gasteiger partial charge in [-0.2, -0.15) is 0 Å². The predicted molar refractivity (Wildman–Crippen MR) is 428 cm³/mol. The third kappa shape index (κ3) is 78.2. The van der Waals surface area contributed by atoms with Gasteiger partial charge in [0.2, 0.25) is 0 Å². The lowest BCUT2D eigenvalue weighted by Crippen LogP contribution is -2.30. The normalized spacial score (nSPS) is 13.8. The van der Waals surface area contributed by atoms with E-state index in [1.54, 1.807) is 0 Å². The van der Waals surface area contributed by atoms with Crippen LogP contribution in [0.3, 0.4) is 0 Å². The molecule has 0 aliphatic carbocycles. The van der Waals surface area contributed by atoms with Gasteiger partial charge in [0.1, 0.15) is 19.3 Å². The van der Waals surface area contributed by atoms with Crippen LogP contribution in [0.5, 0.6) is 0 Å². The van der Waals surface area contributed by atoms with Crippen molar-refractivity contribution in [2.75, 3.05) is 39.6 Å². The van der Waals surface area contributed by atoms with Gasteiger partial charge in [-0.1, -0.05) is 401 Å². The van der Waals surface area contributed by atoms with E-state index in [0.29, 0.717) is 25.7 Å². The van der Waals surface area contributed by atoms with Crippen LogP contribution in [-0.2, 0) is 65.4 Å². The topological polar surface area (TPSA) is 237 Å². The van der Waals surface area contributed by atoms with E-state index < -0.39 is 97.5 Å². The zero-order valence-corrected chi connectivity index (χ0v) is 70.1. The average Bonchev–Trinajstić information content (AvgIpc) is 0.907. The number of hydrogen-bond acceptors (Lipinski definition) is 15. The highest BCUT2D eigenvalue weighted by Crippen LogP contribution is 2.45. The Balaban J connectivity index is 5.21. The van der Waals surface area contributed by atoms with Crippen LogP contribution in [0.2, 0.25) is 0 Å². The lowest BCUT2D eigenvalue weighted by molar-refractivity contribution is -0.161. The van der Waals surface area contributed by atoms with Crippen LogP contribution in [0.1, 0.15) is 452 Å². The van der Waals surface area contributed by atoms with E-state index in [1.807, 2.05) is 0 Å². The highest BCUT2D eigenvalue weighted by Gasteiger charge is 2.30. The highest BCUT2D eigenvalue weighted by molar-refractivity contribution is 7.47. The minimum atomic E-state index is -4.97. The van der Waals surface area contributed by atoms with Crippen LogP contribution in [0.15, 0.2) is 0 Å². The summed E-state index contributed by atoms with van der Waals surface area (Å²) in [6.45, 7) is 9.66. The third-order valence-electron chi connectivity index (χ3n) is 20.0. The SMILES string of the molecule is CCCCCCCCCCCCCCCCCCCCCCCCC(=O)O[C@H](COC(=O)CCCCCCCCCCCCCCCCCCC(C)C)COP(=O)(O)OC[C@@H](O)COP(=O)(O)OC[C@@H](COC(=O)CCCCCCCCCCCCC)OC(=O)CCCCCCCCCCCC(C)C. The molecule has 0 aliphatic heterocycles. The largest absolute Gasteiger partial charge is 0.472 e. The zero-order chi connectivity index (χ0) is 76.4. The molecule has 0 saturated heterocycles. The summed E-state index contributed by atoms with van der Waals surface area (Å²) >= 11 is 0. The number of carbonyl (C=O) groups excluding carboxylic acids is 4. The molecule has 17 nitrogen and oxygen atoms in total. The molecule has 0 radical (unpaired) electrons. The summed E-state index contributed by atoms with van der Waals surface area (Å²) in [5.74, 6) is -0.556. The molecule has 0 rings (SSSR count). The molecule has 0 aromatic heterocycles. The number of phosphoric ester groups is 2. The van der Waals surface area contributed by atoms with Gasteiger partial charge in [0.15, 0.2) is 12.2 Å². The van der Waals surface area contributed by atoms with Crippen molar-refractivity contribution in [2.24, 2.45) is 11.8 Å². The number of ether oxygens (including phenoxy) is 4. The average molecular weight is 1520 g/mol. The van der Waals surface area contributed by atoms with Crippen molar-refractivity contribution < 1.29 is 80.2 Å². The maximum atomic E-state index is 13.1. The summed E-state index contributed by atoms with van der Waals surface area (Å²) in [5, 5.41) is 10.7. The second kappa shape index (κ2) is 76.4. The van der Waals surface area contributed by atoms with E-state index in [0.717, 1.165) is 102 Å². The molecule has 5 atom stereocenters. The number of rotatable bonds is 84. The van der Waals surface area contributed by atoms with Crippen molar-refractivity contribution in [3.05, 3.63) is 0 Å². The predicted octanol–water partition coefficient (Wildman–Crippen LogP) is 25.8. The first kappa shape index (κ1) is 102. The Kier molecular flexibility index (Phi) is 75.0. The molecule has 0 bridgehead atoms. The lowest BCUT2D eigenvalue weighted by atomic mass is 10.0. The summed E-state index contributed by atoms with van der Waals surface area (Å²) in [4.78, 5) is 73.1. The summed E-state index contributed by atoms with van der Waals surface area (Å²) in [6.07, 6.45) is 68.2. The van der Waals surface area contributed by atoms with Crippen LogP contribution in [0.25, 0.3) is 0 Å². The maximum absolute atomic E-state index is 13.1. The first-order chi connectivity index (χ1) is 50.4. The highest BCUT2D eigenvalue weighted by atomic mass is 31.2. The molecule has 19 heteroatoms. The smallest absolute Gasteiger partial charge is 0.462 e. The molecule has 618 valence electrons. The van der Waals surface area contributed by atoms with E-state index >= 15 is 0 Å². The minimum Gasteiger partial charge on any atom is -0.462 e. The number of aliphatic hydroxyl groups is 1. The molecule has 0 amide bonds. The molecule has 3 N–H and O–H groups in total. The van der Waals surface area contributed by atoms with Gasteiger partial charge in [0.05, 0.1) is 26.4 Å². The Morgan fingerprint density at radius 2 is 0.442 bits per heavy atom. The van der Waals surface area contributed by atoms with E-state index in [4.69, 9.17) is 37.0 Å². The fourth-order valence-electron chi connectivity index (χ4n) is 13.2. The summed E-state index contributed by atoms with van der Waals surface area (Å²) in [7, 11) is -9.92. The molecular formula is C85H166O17P2. The summed E-state index contributed by atoms with van der Waals surface area (Å²) < 4.78 is 68.8. The van der Waals surface area contributed by atoms with Gasteiger partial charge in [0.25, 0.3) is 0 Å². The Hall–Kier alpha value is -1.94. The molecule has 0 fully saturated rings. The van der Waals surface area contributed by atoms with Crippen LogP contribution in [0, 0.1) is 11.8 Å². The Morgan fingerprint density at radius 1 is 0.260 bits per heavy atom. The monoisotopic (exact) mass is 1520 g/mol. The minimum absolute atomic E-state index is 0.106. The first-order valence-corrected chi connectivity index (χ1v) is 47.0. The van der Waals surface area contributed by atoms with Crippen molar-refractivity contribution >= 4 is 39.5 Å². The second-order valence-corrected chi connectivity index (χ2v) is 34.4. The number of hydrogen-bond donors (Lipinski definition) is 3. The standard InChI is InChI=1S/C85H166O17P2/c1-7-9-11-13-15-17-19-20-21-22-23-24-25-26-27-32-35-39-45-51-57-63-69-84(89)101-80(73-96-83(88)68-62-56-50-44-38-34-31-29-28-30-33-37-41-47-53-59-65-77(3)4)75-99-103(91,92)97-71-79(86)72-98-104(93,94)100-76-81(74-95-82(87)67-61-55-49-43-36-18-16-14-12-10-8-2)102-85(90)70-64-58-52-46-40-42-48-54-60-66-78(5)6/h77-81,86H,7-76H2,1-6H3,(H,91,92)(H,93,94)/t79-,80-,81-/m1/s1. The van der Waals surface area contributed by atoms with E-state index in [1.165, 1.54) is 270 Å². The van der Waals surface area contributed by atoms with Gasteiger partial charge in [-0.15, -0.1) is 0 Å². The Morgan fingerprint density at radius 3 is 0.654 bits per heavy atom. The van der Waals surface area contributed by atoms with Crippen molar-refractivity contribution in [3.8, 4) is 0 Å². The number of aliphatic hydroxyl groups excluding tert-OH is 1. The third-order valence-corrected chi connectivity index (χ3v) is 21.9. The number of phosphoric acid groups is 2. The summed E-state index contributed by atoms with van der Waals surface area (Å²) in [5.41, 5.74) is 0. The zero-order valence-electron chi connectivity index (χ0n) is 68.3. The molecule has 104 heavy (non-hydrogen) atoms. The quantitative estimate of drug-likeness (QED) is 0.0222. The van der Waals surface area contributed by atoms with Crippen molar-refractivity contribution in [3.63, 3.8) is 0 Å². The van der Waals surface area contributed by atoms with Gasteiger partial charge in [0, 0.05) is 25.7 Å². The molecule has 0 saturated carbocycles. The molecule has 0 aromatic carbocycles. The van der Waals surface area contributed by atoms with E-state index in [2.05, 4.69) is 41.5 Å². The number of carbonyl (C=O) groups is 4. The van der Waals surface area contributed by atoms with Crippen molar-refractivity contribution in [1.82, 2.24) is 0 Å². The van der Waals surface area contributed by atoms with Gasteiger partial charge in [-0.3, -0.25) is 37.3 Å². The van der Waals surface area contributed by atoms with Gasteiger partial charge < -0.3 is 33.8 Å². The fourth-order valence-corrected chi connectivity index (χ4v) is 14.8. The van der Waals surface area contributed by atoms with E-state index in [-0.39, 0.29) is 25.7 Å². The van der Waals surface area contributed by atoms with Crippen LogP contribution in [-0.4, -0.2) is 96.7 Å². The molecule has 0 spiro atoms. The molecule has 0 aromatic rings. The number of esters is 4. The van der Waals surface area contributed by atoms with Gasteiger partial charge >= 0.3 is 39.5 Å². The van der Waals surface area contributed by atoms with Crippen LogP contribution in [0.4, 0.5) is 0 Å². The molecule has 0 heterocycles. The van der Waals surface area contributed by atoms with Gasteiger partial charge in [-0.25, -0.2) is 9.13 Å². The van der Waals surface area contributed by atoms with Crippen molar-refractivity contribution in [1.29, 1.82) is 0 Å². The van der Waals surface area contributed by atoms with E-state index in [9.17, 15) is 43.2 Å². The van der Waals surface area contributed by atoms with Crippen LogP contribution < -0.4 is 0 Å². The Bertz CT molecular complexity index is 1990. The number of unbranched alkanes of at least 4 members (excludes halogenated alkanes) is 54. The van der Waals surface area contributed by atoms with Crippen molar-refractivity contribution in [2.45, 2.75) is 471 Å². The Labute approximate surface area is 638 Å². The second-order valence-electron chi connectivity index (χ2n) is 31.5. The fraction of sp³-hybridized carbons (Fsp3) is 0.953. The molecule has 2 unspecified atom stereocenters. The summed E-state index contributed by atoms with van der Waals surface area (Å²) in [6, 6.07) is 0. The van der Waals surface area contributed by atoms with Crippen LogP contribution >= 0.6 is 15.6 Å².